The molecule has 0 saturated heterocycles. The molecular weight excluding hydrogens is 434 g/mol. The number of hydrogen-bond donors (Lipinski definition) is 3. The zero-order chi connectivity index (χ0) is 24.1. The topological polar surface area (TPSA) is 105 Å². The van der Waals surface area contributed by atoms with Crippen LogP contribution in [0.1, 0.15) is 37.3 Å². The largest absolute Gasteiger partial charge is 0.480 e. The zero-order valence-electron chi connectivity index (χ0n) is 18.3. The van der Waals surface area contributed by atoms with Crippen molar-refractivity contribution in [3.05, 3.63) is 59.7 Å². The quantitative estimate of drug-likeness (QED) is 0.528. The van der Waals surface area contributed by atoms with Crippen molar-refractivity contribution < 1.29 is 33.0 Å². The van der Waals surface area contributed by atoms with Gasteiger partial charge in [0.15, 0.2) is 0 Å². The summed E-state index contributed by atoms with van der Waals surface area (Å²) in [6.07, 6.45) is -4.90. The van der Waals surface area contributed by atoms with Gasteiger partial charge in [0.2, 0.25) is 12.3 Å². The van der Waals surface area contributed by atoms with Gasteiger partial charge in [-0.05, 0) is 28.2 Å². The van der Waals surface area contributed by atoms with Crippen molar-refractivity contribution in [3.8, 4) is 11.1 Å². The lowest BCUT2D eigenvalue weighted by Gasteiger charge is -2.23. The molecule has 2 atom stereocenters. The van der Waals surface area contributed by atoms with E-state index in [0.717, 1.165) is 22.3 Å². The fraction of sp³-hybridized carbons (Fsp3) is 0.375. The number of carbonyl (C=O) groups is 3. The van der Waals surface area contributed by atoms with Crippen molar-refractivity contribution in [2.24, 2.45) is 5.92 Å². The second-order valence-electron chi connectivity index (χ2n) is 8.22. The number of amides is 2. The van der Waals surface area contributed by atoms with Crippen molar-refractivity contribution in [3.63, 3.8) is 0 Å². The number of carboxylic acid groups (broad SMARTS) is 1. The van der Waals surface area contributed by atoms with Crippen molar-refractivity contribution >= 4 is 18.0 Å². The van der Waals surface area contributed by atoms with Crippen molar-refractivity contribution in [1.82, 2.24) is 10.6 Å². The number of alkyl carbamates (subject to hydrolysis) is 1. The Morgan fingerprint density at radius 1 is 0.970 bits per heavy atom. The van der Waals surface area contributed by atoms with Gasteiger partial charge >= 0.3 is 12.1 Å². The Labute approximate surface area is 190 Å². The highest BCUT2D eigenvalue weighted by Crippen LogP contribution is 2.44. The standard InChI is InChI=1S/C24H26F2N2O5/c1-13(2)21(23(30)31)28-22(29)19(11-20(25)26)27-24(32)33-12-18-16-9-5-3-7-14(16)15-8-4-6-10-17(15)18/h3-10,13,18-21H,11-12H2,1-2H3,(H,27,32)(H,28,29)(H,30,31)/t19?,21-/m0/s1. The van der Waals surface area contributed by atoms with E-state index in [1.807, 2.05) is 48.5 Å². The highest BCUT2D eigenvalue weighted by Gasteiger charge is 2.32. The van der Waals surface area contributed by atoms with Crippen LogP contribution < -0.4 is 10.6 Å². The number of fused-ring (bicyclic) bond motifs is 3. The van der Waals surface area contributed by atoms with Crippen LogP contribution in [0.4, 0.5) is 13.6 Å². The van der Waals surface area contributed by atoms with E-state index in [4.69, 9.17) is 4.74 Å². The minimum Gasteiger partial charge on any atom is -0.480 e. The van der Waals surface area contributed by atoms with E-state index >= 15 is 0 Å². The number of benzene rings is 2. The average Bonchev–Trinajstić information content (AvgIpc) is 3.08. The number of alkyl halides is 2. The highest BCUT2D eigenvalue weighted by atomic mass is 19.3. The number of aliphatic carboxylic acids is 1. The van der Waals surface area contributed by atoms with Gasteiger partial charge in [-0.3, -0.25) is 4.79 Å². The Morgan fingerprint density at radius 3 is 2.00 bits per heavy atom. The lowest BCUT2D eigenvalue weighted by Crippen LogP contribution is -2.53. The number of nitrogens with one attached hydrogen (secondary N) is 2. The van der Waals surface area contributed by atoms with Gasteiger partial charge < -0.3 is 20.5 Å². The molecule has 7 nitrogen and oxygen atoms in total. The molecule has 0 spiro atoms. The molecule has 1 aliphatic rings. The Morgan fingerprint density at radius 2 is 1.52 bits per heavy atom. The molecule has 0 saturated carbocycles. The van der Waals surface area contributed by atoms with Crippen molar-refractivity contribution in [2.75, 3.05) is 6.61 Å². The number of rotatable bonds is 9. The maximum atomic E-state index is 13.0. The summed E-state index contributed by atoms with van der Waals surface area (Å²) in [5.74, 6) is -3.02. The highest BCUT2D eigenvalue weighted by molar-refractivity contribution is 5.89. The monoisotopic (exact) mass is 460 g/mol. The first-order chi connectivity index (χ1) is 15.7. The van der Waals surface area contributed by atoms with Crippen molar-refractivity contribution in [2.45, 2.75) is 44.7 Å². The van der Waals surface area contributed by atoms with Crippen LogP contribution in [0.5, 0.6) is 0 Å². The Bertz CT molecular complexity index is 982. The third-order valence-corrected chi connectivity index (χ3v) is 5.60. The molecule has 2 amide bonds. The van der Waals surface area contributed by atoms with Crippen LogP contribution in [0.25, 0.3) is 11.1 Å². The second kappa shape index (κ2) is 10.4. The molecule has 2 aromatic rings. The van der Waals surface area contributed by atoms with E-state index < -0.39 is 48.8 Å². The average molecular weight is 460 g/mol. The molecule has 0 radical (unpaired) electrons. The van der Waals surface area contributed by atoms with Crippen LogP contribution in [-0.4, -0.2) is 48.2 Å². The fourth-order valence-electron chi connectivity index (χ4n) is 3.96. The molecule has 2 aromatic carbocycles. The van der Waals surface area contributed by atoms with E-state index in [-0.39, 0.29) is 12.5 Å². The molecular formula is C24H26F2N2O5. The maximum absolute atomic E-state index is 13.0. The summed E-state index contributed by atoms with van der Waals surface area (Å²) < 4.78 is 31.4. The smallest absolute Gasteiger partial charge is 0.407 e. The van der Waals surface area contributed by atoms with Gasteiger partial charge in [-0.1, -0.05) is 62.4 Å². The molecule has 1 unspecified atom stereocenters. The van der Waals surface area contributed by atoms with Crippen LogP contribution in [0.15, 0.2) is 48.5 Å². The Balaban J connectivity index is 1.67. The van der Waals surface area contributed by atoms with E-state index in [0.29, 0.717) is 0 Å². The molecule has 9 heteroatoms. The summed E-state index contributed by atoms with van der Waals surface area (Å²) in [5.41, 5.74) is 4.03. The van der Waals surface area contributed by atoms with E-state index in [2.05, 4.69) is 10.6 Å². The SMILES string of the molecule is CC(C)[C@H](NC(=O)C(CC(F)F)NC(=O)OCC1c2ccccc2-c2ccccc21)C(=O)O. The molecule has 3 rings (SSSR count). The number of carbonyl (C=O) groups excluding carboxylic acids is 2. The molecule has 0 fully saturated rings. The molecule has 0 aliphatic heterocycles. The first kappa shape index (κ1) is 24.2. The van der Waals surface area contributed by atoms with Gasteiger partial charge in [0.1, 0.15) is 18.7 Å². The molecule has 0 heterocycles. The molecule has 0 bridgehead atoms. The van der Waals surface area contributed by atoms with Crippen LogP contribution >= 0.6 is 0 Å². The first-order valence-corrected chi connectivity index (χ1v) is 10.6. The van der Waals surface area contributed by atoms with Crippen LogP contribution in [0.3, 0.4) is 0 Å². The van der Waals surface area contributed by atoms with Gasteiger partial charge in [-0.15, -0.1) is 0 Å². The van der Waals surface area contributed by atoms with E-state index in [9.17, 15) is 28.3 Å². The zero-order valence-corrected chi connectivity index (χ0v) is 18.3. The van der Waals surface area contributed by atoms with E-state index in [1.165, 1.54) is 0 Å². The number of hydrogen-bond acceptors (Lipinski definition) is 4. The summed E-state index contributed by atoms with van der Waals surface area (Å²) in [6, 6.07) is 12.5. The van der Waals surface area contributed by atoms with Crippen LogP contribution in [-0.2, 0) is 14.3 Å². The number of ether oxygens (including phenoxy) is 1. The summed E-state index contributed by atoms with van der Waals surface area (Å²) in [7, 11) is 0. The lowest BCUT2D eigenvalue weighted by atomic mass is 9.98. The van der Waals surface area contributed by atoms with Crippen LogP contribution in [0, 0.1) is 5.92 Å². The Hall–Kier alpha value is -3.49. The number of halogens is 2. The predicted molar refractivity (Wildman–Crippen MR) is 117 cm³/mol. The lowest BCUT2D eigenvalue weighted by molar-refractivity contribution is -0.143. The fourth-order valence-corrected chi connectivity index (χ4v) is 3.96. The van der Waals surface area contributed by atoms with Crippen LogP contribution in [0.2, 0.25) is 0 Å². The minimum absolute atomic E-state index is 0.0490. The van der Waals surface area contributed by atoms with Crippen molar-refractivity contribution in [1.29, 1.82) is 0 Å². The number of carboxylic acids is 1. The van der Waals surface area contributed by atoms with Gasteiger partial charge in [0.05, 0.1) is 0 Å². The molecule has 1 aliphatic carbocycles. The normalized spacial score (nSPS) is 14.4. The van der Waals surface area contributed by atoms with E-state index in [1.54, 1.807) is 13.8 Å². The molecule has 176 valence electrons. The third-order valence-electron chi connectivity index (χ3n) is 5.60. The third kappa shape index (κ3) is 5.66. The molecule has 33 heavy (non-hydrogen) atoms. The predicted octanol–water partition coefficient (Wildman–Crippen LogP) is 3.77. The van der Waals surface area contributed by atoms with Gasteiger partial charge in [0, 0.05) is 12.3 Å². The summed E-state index contributed by atoms with van der Waals surface area (Å²) in [5, 5.41) is 13.6. The molecule has 0 aromatic heterocycles. The summed E-state index contributed by atoms with van der Waals surface area (Å²) >= 11 is 0. The molecule has 3 N–H and O–H groups in total. The minimum atomic E-state index is -2.89. The summed E-state index contributed by atoms with van der Waals surface area (Å²) in [6.45, 7) is 3.09. The second-order valence-corrected chi connectivity index (χ2v) is 8.22. The first-order valence-electron chi connectivity index (χ1n) is 10.6. The Kier molecular flexibility index (Phi) is 7.63. The maximum Gasteiger partial charge on any atom is 0.407 e. The summed E-state index contributed by atoms with van der Waals surface area (Å²) in [4.78, 5) is 36.2. The van der Waals surface area contributed by atoms with Gasteiger partial charge in [0.25, 0.3) is 0 Å². The van der Waals surface area contributed by atoms with Gasteiger partial charge in [-0.2, -0.15) is 0 Å². The van der Waals surface area contributed by atoms with Gasteiger partial charge in [-0.25, -0.2) is 18.4 Å².